The lowest BCUT2D eigenvalue weighted by atomic mass is 10.2. The van der Waals surface area contributed by atoms with Crippen LogP contribution in [0.1, 0.15) is 6.92 Å². The van der Waals surface area contributed by atoms with E-state index in [9.17, 15) is 0 Å². The minimum Gasteiger partial charge on any atom is -0.381 e. The van der Waals surface area contributed by atoms with Crippen molar-refractivity contribution in [2.24, 2.45) is 0 Å². The van der Waals surface area contributed by atoms with Crippen molar-refractivity contribution >= 4 is 35.1 Å². The van der Waals surface area contributed by atoms with Crippen LogP contribution in [0.4, 0.5) is 11.6 Å². The van der Waals surface area contributed by atoms with Crippen molar-refractivity contribution in [3.8, 4) is 0 Å². The second-order valence-corrected chi connectivity index (χ2v) is 4.72. The summed E-state index contributed by atoms with van der Waals surface area (Å²) in [4.78, 5) is 11.3. The SMILES string of the molecule is CC1CN(c2nc3ccccc3nc2N)CCN1.Cl. The average molecular weight is 280 g/mol. The number of nitrogens with two attached hydrogens (primary N) is 1. The number of halogens is 1. The molecule has 3 N–H and O–H groups in total. The van der Waals surface area contributed by atoms with Crippen molar-refractivity contribution in [2.45, 2.75) is 13.0 Å². The molecule has 0 radical (unpaired) electrons. The third kappa shape index (κ3) is 2.72. The predicted molar refractivity (Wildman–Crippen MR) is 80.9 cm³/mol. The lowest BCUT2D eigenvalue weighted by Crippen LogP contribution is -2.49. The number of hydrogen-bond acceptors (Lipinski definition) is 5. The number of fused-ring (bicyclic) bond motifs is 1. The van der Waals surface area contributed by atoms with Gasteiger partial charge in [-0.1, -0.05) is 12.1 Å². The van der Waals surface area contributed by atoms with Gasteiger partial charge in [0.2, 0.25) is 0 Å². The van der Waals surface area contributed by atoms with Crippen LogP contribution < -0.4 is 16.0 Å². The Hall–Kier alpha value is -1.59. The quantitative estimate of drug-likeness (QED) is 0.827. The maximum atomic E-state index is 6.03. The van der Waals surface area contributed by atoms with Crippen LogP contribution in [0.3, 0.4) is 0 Å². The van der Waals surface area contributed by atoms with Gasteiger partial charge in [-0.3, -0.25) is 0 Å². The van der Waals surface area contributed by atoms with E-state index in [1.54, 1.807) is 0 Å². The summed E-state index contributed by atoms with van der Waals surface area (Å²) < 4.78 is 0. The van der Waals surface area contributed by atoms with Crippen LogP contribution in [0.5, 0.6) is 0 Å². The summed E-state index contributed by atoms with van der Waals surface area (Å²) in [5.74, 6) is 1.32. The fourth-order valence-electron chi connectivity index (χ4n) is 2.36. The third-order valence-electron chi connectivity index (χ3n) is 3.25. The summed E-state index contributed by atoms with van der Waals surface area (Å²) in [6.45, 7) is 4.95. The number of benzene rings is 1. The van der Waals surface area contributed by atoms with Gasteiger partial charge in [0.05, 0.1) is 11.0 Å². The zero-order valence-electron chi connectivity index (χ0n) is 10.8. The largest absolute Gasteiger partial charge is 0.381 e. The molecule has 1 aliphatic rings. The van der Waals surface area contributed by atoms with Crippen LogP contribution in [-0.2, 0) is 0 Å². The zero-order valence-corrected chi connectivity index (χ0v) is 11.7. The Balaban J connectivity index is 0.00000133. The number of anilines is 2. The molecule has 6 heteroatoms. The minimum absolute atomic E-state index is 0. The van der Waals surface area contributed by atoms with Gasteiger partial charge >= 0.3 is 0 Å². The Bertz CT molecular complexity index is 574. The molecule has 0 aliphatic carbocycles. The second kappa shape index (κ2) is 5.59. The van der Waals surface area contributed by atoms with Crippen molar-refractivity contribution in [1.82, 2.24) is 15.3 Å². The molecule has 19 heavy (non-hydrogen) atoms. The summed E-state index contributed by atoms with van der Waals surface area (Å²) >= 11 is 0. The highest BCUT2D eigenvalue weighted by Crippen LogP contribution is 2.23. The monoisotopic (exact) mass is 279 g/mol. The Morgan fingerprint density at radius 1 is 1.26 bits per heavy atom. The van der Waals surface area contributed by atoms with Crippen molar-refractivity contribution in [3.63, 3.8) is 0 Å². The molecular weight excluding hydrogens is 262 g/mol. The molecule has 0 amide bonds. The van der Waals surface area contributed by atoms with Gasteiger partial charge in [-0.25, -0.2) is 9.97 Å². The highest BCUT2D eigenvalue weighted by molar-refractivity contribution is 5.85. The molecule has 1 aromatic carbocycles. The predicted octanol–water partition coefficient (Wildman–Crippen LogP) is 1.43. The zero-order chi connectivity index (χ0) is 12.5. The van der Waals surface area contributed by atoms with Crippen LogP contribution >= 0.6 is 12.4 Å². The van der Waals surface area contributed by atoms with E-state index in [0.29, 0.717) is 11.9 Å². The van der Waals surface area contributed by atoms with Gasteiger partial charge in [-0.15, -0.1) is 12.4 Å². The van der Waals surface area contributed by atoms with E-state index in [2.05, 4.69) is 27.1 Å². The Morgan fingerprint density at radius 2 is 1.95 bits per heavy atom. The van der Waals surface area contributed by atoms with E-state index in [-0.39, 0.29) is 12.4 Å². The van der Waals surface area contributed by atoms with Gasteiger partial charge in [0.15, 0.2) is 11.6 Å². The number of hydrogen-bond donors (Lipinski definition) is 2. The molecule has 1 aliphatic heterocycles. The van der Waals surface area contributed by atoms with Gasteiger partial charge in [-0.05, 0) is 19.1 Å². The van der Waals surface area contributed by atoms with E-state index in [0.717, 1.165) is 36.5 Å². The number of para-hydroxylation sites is 2. The van der Waals surface area contributed by atoms with E-state index in [4.69, 9.17) is 5.73 Å². The van der Waals surface area contributed by atoms with Crippen LogP contribution in [0.15, 0.2) is 24.3 Å². The van der Waals surface area contributed by atoms with Crippen molar-refractivity contribution in [2.75, 3.05) is 30.3 Å². The fraction of sp³-hybridized carbons (Fsp3) is 0.385. The van der Waals surface area contributed by atoms with Crippen molar-refractivity contribution < 1.29 is 0 Å². The maximum Gasteiger partial charge on any atom is 0.172 e. The first-order valence-corrected chi connectivity index (χ1v) is 6.24. The van der Waals surface area contributed by atoms with E-state index >= 15 is 0 Å². The van der Waals surface area contributed by atoms with Crippen LogP contribution in [0.25, 0.3) is 11.0 Å². The molecule has 1 saturated heterocycles. The summed E-state index contributed by atoms with van der Waals surface area (Å²) in [6, 6.07) is 8.27. The lowest BCUT2D eigenvalue weighted by Gasteiger charge is -2.33. The molecule has 2 heterocycles. The summed E-state index contributed by atoms with van der Waals surface area (Å²) in [7, 11) is 0. The van der Waals surface area contributed by atoms with Gasteiger partial charge in [-0.2, -0.15) is 0 Å². The summed E-state index contributed by atoms with van der Waals surface area (Å²) in [6.07, 6.45) is 0. The molecule has 0 saturated carbocycles. The Kier molecular flexibility index (Phi) is 4.07. The van der Waals surface area contributed by atoms with Gasteiger partial charge in [0.25, 0.3) is 0 Å². The standard InChI is InChI=1S/C13H17N5.ClH/c1-9-8-18(7-6-15-9)13-12(14)16-10-4-2-3-5-11(10)17-13;/h2-5,9,15H,6-8H2,1H3,(H2,14,16);1H. The molecule has 0 bridgehead atoms. The number of nitrogen functional groups attached to an aromatic ring is 1. The molecule has 1 aromatic heterocycles. The third-order valence-corrected chi connectivity index (χ3v) is 3.25. The highest BCUT2D eigenvalue weighted by atomic mass is 35.5. The van der Waals surface area contributed by atoms with Crippen LogP contribution in [0, 0.1) is 0 Å². The summed E-state index contributed by atoms with van der Waals surface area (Å²) in [5.41, 5.74) is 7.77. The molecule has 3 rings (SSSR count). The van der Waals surface area contributed by atoms with Gasteiger partial charge < -0.3 is 16.0 Å². The molecule has 5 nitrogen and oxygen atoms in total. The van der Waals surface area contributed by atoms with E-state index < -0.39 is 0 Å². The van der Waals surface area contributed by atoms with Crippen LogP contribution in [-0.4, -0.2) is 35.6 Å². The number of rotatable bonds is 1. The maximum absolute atomic E-state index is 6.03. The van der Waals surface area contributed by atoms with Gasteiger partial charge in [0.1, 0.15) is 0 Å². The van der Waals surface area contributed by atoms with E-state index in [1.807, 2.05) is 24.3 Å². The molecule has 0 spiro atoms. The van der Waals surface area contributed by atoms with Gasteiger partial charge in [0, 0.05) is 25.7 Å². The average Bonchev–Trinajstić information content (AvgIpc) is 2.38. The molecule has 2 aromatic rings. The van der Waals surface area contributed by atoms with Crippen molar-refractivity contribution in [3.05, 3.63) is 24.3 Å². The minimum atomic E-state index is 0. The molecule has 1 unspecified atom stereocenters. The lowest BCUT2D eigenvalue weighted by molar-refractivity contribution is 0.483. The summed E-state index contributed by atoms with van der Waals surface area (Å²) in [5, 5.41) is 3.41. The topological polar surface area (TPSA) is 67.1 Å². The smallest absolute Gasteiger partial charge is 0.172 e. The molecule has 1 atom stereocenters. The Morgan fingerprint density at radius 3 is 2.63 bits per heavy atom. The number of nitrogens with one attached hydrogen (secondary N) is 1. The van der Waals surface area contributed by atoms with E-state index in [1.165, 1.54) is 0 Å². The fourth-order valence-corrected chi connectivity index (χ4v) is 2.36. The molecule has 102 valence electrons. The number of aromatic nitrogens is 2. The number of piperazine rings is 1. The first kappa shape index (κ1) is 13.8. The normalized spacial score (nSPS) is 19.2. The molecular formula is C13H18ClN5. The Labute approximate surface area is 118 Å². The molecule has 1 fully saturated rings. The first-order chi connectivity index (χ1) is 8.74. The van der Waals surface area contributed by atoms with Crippen LogP contribution in [0.2, 0.25) is 0 Å². The highest BCUT2D eigenvalue weighted by Gasteiger charge is 2.19. The number of nitrogens with zero attached hydrogens (tertiary/aromatic N) is 3. The first-order valence-electron chi connectivity index (χ1n) is 6.24. The second-order valence-electron chi connectivity index (χ2n) is 4.72. The van der Waals surface area contributed by atoms with Crippen molar-refractivity contribution in [1.29, 1.82) is 0 Å².